The molecule has 6 nitrogen and oxygen atoms in total. The monoisotopic (exact) mass is 385 g/mol. The number of hydrogen-bond donors (Lipinski definition) is 1. The van der Waals surface area contributed by atoms with Crippen molar-refractivity contribution >= 4 is 11.7 Å². The van der Waals surface area contributed by atoms with Gasteiger partial charge in [0, 0.05) is 18.2 Å². The van der Waals surface area contributed by atoms with Crippen LogP contribution in [0.4, 0.5) is 5.69 Å². The van der Waals surface area contributed by atoms with Gasteiger partial charge in [-0.25, -0.2) is 4.79 Å². The summed E-state index contributed by atoms with van der Waals surface area (Å²) in [7, 11) is 3.23. The Hall–Kier alpha value is -2.73. The molecule has 2 aromatic rings. The fourth-order valence-electron chi connectivity index (χ4n) is 3.71. The molecule has 3 unspecified atom stereocenters. The average Bonchev–Trinajstić information content (AvgIpc) is 2.74. The minimum absolute atomic E-state index is 0.158. The van der Waals surface area contributed by atoms with Gasteiger partial charge in [0.05, 0.1) is 26.9 Å². The first kappa shape index (κ1) is 20.0. The van der Waals surface area contributed by atoms with E-state index in [-0.39, 0.29) is 11.9 Å². The summed E-state index contributed by atoms with van der Waals surface area (Å²) in [6.07, 6.45) is -0.139. The first-order chi connectivity index (χ1) is 13.6. The normalized spacial score (nSPS) is 21.9. The Labute approximate surface area is 165 Å². The van der Waals surface area contributed by atoms with E-state index in [1.807, 2.05) is 53.4 Å². The molecule has 0 aromatic heterocycles. The number of nitrogens with zero attached hydrogens (tertiary/aromatic N) is 1. The second-order valence-electron chi connectivity index (χ2n) is 6.80. The summed E-state index contributed by atoms with van der Waals surface area (Å²) in [5.41, 5.74) is 1.84. The molecule has 0 saturated carbocycles. The molecule has 2 aromatic carbocycles. The quantitative estimate of drug-likeness (QED) is 0.771. The standard InChI is InChI=1S/C22H27NO5/c1-4-28-22(25)20-13-19(15-5-9-17(26-2)10-6-15)21(24)14-23(20)16-7-11-18(27-3)12-8-16/h5-12,19-21,24H,4,13-14H2,1-3H3. The number of carbonyl (C=O) groups excluding carboxylic acids is 1. The van der Waals surface area contributed by atoms with Crippen LogP contribution in [-0.4, -0.2) is 50.6 Å². The van der Waals surface area contributed by atoms with Gasteiger partial charge in [-0.15, -0.1) is 0 Å². The lowest BCUT2D eigenvalue weighted by Gasteiger charge is -2.42. The number of rotatable bonds is 6. The molecule has 0 amide bonds. The lowest BCUT2D eigenvalue weighted by atomic mass is 9.83. The highest BCUT2D eigenvalue weighted by Crippen LogP contribution is 2.36. The first-order valence-corrected chi connectivity index (χ1v) is 9.46. The zero-order chi connectivity index (χ0) is 20.1. The van der Waals surface area contributed by atoms with Crippen molar-refractivity contribution in [3.63, 3.8) is 0 Å². The molecule has 0 spiro atoms. The van der Waals surface area contributed by atoms with Gasteiger partial charge in [-0.05, 0) is 55.3 Å². The van der Waals surface area contributed by atoms with Crippen LogP contribution in [0.15, 0.2) is 48.5 Å². The van der Waals surface area contributed by atoms with E-state index >= 15 is 0 Å². The van der Waals surface area contributed by atoms with Crippen LogP contribution in [0.1, 0.15) is 24.8 Å². The van der Waals surface area contributed by atoms with Crippen LogP contribution in [0.2, 0.25) is 0 Å². The Kier molecular flexibility index (Phi) is 6.41. The second-order valence-corrected chi connectivity index (χ2v) is 6.80. The predicted molar refractivity (Wildman–Crippen MR) is 107 cm³/mol. The number of benzene rings is 2. The fraction of sp³-hybridized carbons (Fsp3) is 0.409. The Bertz CT molecular complexity index is 775. The third-order valence-electron chi connectivity index (χ3n) is 5.21. The van der Waals surface area contributed by atoms with E-state index in [1.165, 1.54) is 0 Å². The van der Waals surface area contributed by atoms with Crippen LogP contribution < -0.4 is 14.4 Å². The SMILES string of the molecule is CCOC(=O)C1CC(c2ccc(OC)cc2)C(O)CN1c1ccc(OC)cc1. The summed E-state index contributed by atoms with van der Waals surface area (Å²) in [4.78, 5) is 14.6. The molecule has 0 radical (unpaired) electrons. The van der Waals surface area contributed by atoms with Crippen molar-refractivity contribution in [2.75, 3.05) is 32.3 Å². The van der Waals surface area contributed by atoms with Gasteiger partial charge in [0.2, 0.25) is 0 Å². The number of ether oxygens (including phenoxy) is 3. The molecule has 1 saturated heterocycles. The zero-order valence-electron chi connectivity index (χ0n) is 16.5. The van der Waals surface area contributed by atoms with Gasteiger partial charge in [0.1, 0.15) is 17.5 Å². The van der Waals surface area contributed by atoms with E-state index < -0.39 is 12.1 Å². The molecule has 1 fully saturated rings. The molecule has 3 rings (SSSR count). The van der Waals surface area contributed by atoms with E-state index in [1.54, 1.807) is 21.1 Å². The van der Waals surface area contributed by atoms with Gasteiger partial charge in [-0.3, -0.25) is 0 Å². The highest BCUT2D eigenvalue weighted by Gasteiger charge is 2.40. The minimum Gasteiger partial charge on any atom is -0.497 e. The smallest absolute Gasteiger partial charge is 0.328 e. The highest BCUT2D eigenvalue weighted by atomic mass is 16.5. The van der Waals surface area contributed by atoms with E-state index in [2.05, 4.69) is 0 Å². The number of aliphatic hydroxyl groups is 1. The number of carbonyl (C=O) groups is 1. The molecular formula is C22H27NO5. The van der Waals surface area contributed by atoms with Crippen molar-refractivity contribution < 1.29 is 24.1 Å². The van der Waals surface area contributed by atoms with Crippen LogP contribution in [0, 0.1) is 0 Å². The molecule has 6 heteroatoms. The number of methoxy groups -OCH3 is 2. The third-order valence-corrected chi connectivity index (χ3v) is 5.21. The maximum Gasteiger partial charge on any atom is 0.328 e. The van der Waals surface area contributed by atoms with Gasteiger partial charge < -0.3 is 24.2 Å². The van der Waals surface area contributed by atoms with Crippen molar-refractivity contribution in [3.05, 3.63) is 54.1 Å². The molecular weight excluding hydrogens is 358 g/mol. The average molecular weight is 385 g/mol. The lowest BCUT2D eigenvalue weighted by molar-refractivity contribution is -0.145. The number of piperidine rings is 1. The van der Waals surface area contributed by atoms with Gasteiger partial charge in [-0.1, -0.05) is 12.1 Å². The molecule has 28 heavy (non-hydrogen) atoms. The largest absolute Gasteiger partial charge is 0.497 e. The maximum atomic E-state index is 12.7. The number of hydrogen-bond acceptors (Lipinski definition) is 6. The topological polar surface area (TPSA) is 68.2 Å². The summed E-state index contributed by atoms with van der Waals surface area (Å²) < 4.78 is 15.8. The highest BCUT2D eigenvalue weighted by molar-refractivity contribution is 5.81. The van der Waals surface area contributed by atoms with Crippen LogP contribution in [-0.2, 0) is 9.53 Å². The summed E-state index contributed by atoms with van der Waals surface area (Å²) in [5, 5.41) is 10.9. The van der Waals surface area contributed by atoms with Crippen LogP contribution in [0.3, 0.4) is 0 Å². The molecule has 1 N–H and O–H groups in total. The van der Waals surface area contributed by atoms with Gasteiger partial charge >= 0.3 is 5.97 Å². The van der Waals surface area contributed by atoms with Crippen LogP contribution >= 0.6 is 0 Å². The molecule has 0 aliphatic carbocycles. The second kappa shape index (κ2) is 8.97. The van der Waals surface area contributed by atoms with E-state index in [4.69, 9.17) is 14.2 Å². The molecule has 1 aliphatic heterocycles. The summed E-state index contributed by atoms with van der Waals surface area (Å²) in [6, 6.07) is 14.6. The number of β-amino-alcohol motifs (C(OH)–C–C–N with tert-alkyl or cyclic N) is 1. The number of anilines is 1. The minimum atomic E-state index is -0.610. The predicted octanol–water partition coefficient (Wildman–Crippen LogP) is 2.99. The van der Waals surface area contributed by atoms with E-state index in [0.29, 0.717) is 19.6 Å². The summed E-state index contributed by atoms with van der Waals surface area (Å²) in [6.45, 7) is 2.46. The van der Waals surface area contributed by atoms with Crippen molar-refractivity contribution in [1.82, 2.24) is 0 Å². The summed E-state index contributed by atoms with van der Waals surface area (Å²) >= 11 is 0. The Morgan fingerprint density at radius 2 is 1.61 bits per heavy atom. The molecule has 150 valence electrons. The van der Waals surface area contributed by atoms with Crippen LogP contribution in [0.5, 0.6) is 11.5 Å². The third kappa shape index (κ3) is 4.22. The molecule has 0 bridgehead atoms. The Balaban J connectivity index is 1.88. The molecule has 1 aliphatic rings. The zero-order valence-corrected chi connectivity index (χ0v) is 16.5. The molecule has 3 atom stereocenters. The van der Waals surface area contributed by atoms with E-state index in [9.17, 15) is 9.90 Å². The number of esters is 1. The van der Waals surface area contributed by atoms with Crippen molar-refractivity contribution in [2.45, 2.75) is 31.4 Å². The van der Waals surface area contributed by atoms with Crippen molar-refractivity contribution in [2.24, 2.45) is 0 Å². The number of aliphatic hydroxyl groups excluding tert-OH is 1. The summed E-state index contributed by atoms with van der Waals surface area (Å²) in [5.74, 6) is 1.07. The van der Waals surface area contributed by atoms with Crippen molar-refractivity contribution in [1.29, 1.82) is 0 Å². The van der Waals surface area contributed by atoms with Gasteiger partial charge in [-0.2, -0.15) is 0 Å². The van der Waals surface area contributed by atoms with Gasteiger partial charge in [0.15, 0.2) is 0 Å². The Morgan fingerprint density at radius 1 is 1.04 bits per heavy atom. The van der Waals surface area contributed by atoms with Crippen LogP contribution in [0.25, 0.3) is 0 Å². The van der Waals surface area contributed by atoms with Gasteiger partial charge in [0.25, 0.3) is 0 Å². The maximum absolute atomic E-state index is 12.7. The molecule has 1 heterocycles. The first-order valence-electron chi connectivity index (χ1n) is 9.46. The fourth-order valence-corrected chi connectivity index (χ4v) is 3.71. The Morgan fingerprint density at radius 3 is 2.14 bits per heavy atom. The lowest BCUT2D eigenvalue weighted by Crippen LogP contribution is -2.53. The van der Waals surface area contributed by atoms with E-state index in [0.717, 1.165) is 22.7 Å². The van der Waals surface area contributed by atoms with Crippen molar-refractivity contribution in [3.8, 4) is 11.5 Å².